The molecular formula is C104H68N12. The maximum absolute atomic E-state index is 5.12. The van der Waals surface area contributed by atoms with E-state index in [4.69, 9.17) is 59.8 Å². The predicted octanol–water partition coefficient (Wildman–Crippen LogP) is 25.1. The van der Waals surface area contributed by atoms with Crippen LogP contribution in [0.4, 0.5) is 0 Å². The van der Waals surface area contributed by atoms with Crippen LogP contribution in [0.5, 0.6) is 0 Å². The van der Waals surface area contributed by atoms with Gasteiger partial charge in [0.1, 0.15) is 0 Å². The molecule has 20 rings (SSSR count). The second kappa shape index (κ2) is 32.2. The van der Waals surface area contributed by atoms with Crippen LogP contribution in [0.25, 0.3) is 202 Å². The molecule has 0 radical (unpaired) electrons. The summed E-state index contributed by atoms with van der Waals surface area (Å²) < 4.78 is 0. The largest absolute Gasteiger partial charge is 0.254 e. The van der Waals surface area contributed by atoms with Crippen molar-refractivity contribution in [2.24, 2.45) is 0 Å². The molecule has 8 aromatic heterocycles. The first-order valence-corrected chi connectivity index (χ1v) is 38.4. The van der Waals surface area contributed by atoms with Gasteiger partial charge in [0.25, 0.3) is 0 Å². The number of fused-ring (bicyclic) bond motifs is 2. The van der Waals surface area contributed by atoms with Crippen LogP contribution in [0.2, 0.25) is 0 Å². The van der Waals surface area contributed by atoms with E-state index in [0.29, 0.717) is 34.9 Å². The second-order valence-electron chi connectivity index (χ2n) is 28.0. The van der Waals surface area contributed by atoms with E-state index in [9.17, 15) is 0 Å². The lowest BCUT2D eigenvalue weighted by Gasteiger charge is -2.11. The Balaban J connectivity index is 0.000000155. The molecule has 0 aliphatic carbocycles. The Kier molecular flexibility index (Phi) is 19.6. The molecule has 0 unspecified atom stereocenters. The number of aromatic nitrogens is 12. The van der Waals surface area contributed by atoms with Crippen LogP contribution in [0.15, 0.2) is 413 Å². The van der Waals surface area contributed by atoms with Crippen molar-refractivity contribution in [3.05, 3.63) is 413 Å². The van der Waals surface area contributed by atoms with E-state index < -0.39 is 0 Å². The maximum Gasteiger partial charge on any atom is 0.164 e. The Labute approximate surface area is 670 Å². The molecule has 0 spiro atoms. The average molecular weight is 1490 g/mol. The lowest BCUT2D eigenvalue weighted by atomic mass is 9.99. The predicted molar refractivity (Wildman–Crippen MR) is 468 cm³/mol. The number of hydrogen-bond donors (Lipinski definition) is 0. The van der Waals surface area contributed by atoms with E-state index in [1.807, 2.05) is 207 Å². The first-order valence-electron chi connectivity index (χ1n) is 38.4. The Morgan fingerprint density at radius 1 is 0.147 bits per heavy atom. The van der Waals surface area contributed by atoms with Gasteiger partial charge in [-0.25, -0.2) is 44.9 Å². The quantitative estimate of drug-likeness (QED) is 0.0904. The summed E-state index contributed by atoms with van der Waals surface area (Å²) in [5.41, 5.74) is 26.0. The Morgan fingerprint density at radius 3 is 0.802 bits per heavy atom. The van der Waals surface area contributed by atoms with Crippen molar-refractivity contribution in [1.82, 2.24) is 59.8 Å². The summed E-state index contributed by atoms with van der Waals surface area (Å²) in [5, 5.41) is 3.29. The fourth-order valence-corrected chi connectivity index (χ4v) is 14.3. The first-order chi connectivity index (χ1) is 57.4. The fourth-order valence-electron chi connectivity index (χ4n) is 14.3. The van der Waals surface area contributed by atoms with Crippen LogP contribution in [-0.4, -0.2) is 59.8 Å². The minimum Gasteiger partial charge on any atom is -0.254 e. The Hall–Kier alpha value is -15.9. The zero-order valence-electron chi connectivity index (χ0n) is 62.6. The normalized spacial score (nSPS) is 11.1. The van der Waals surface area contributed by atoms with Gasteiger partial charge in [0.15, 0.2) is 34.9 Å². The molecule has 0 saturated heterocycles. The van der Waals surface area contributed by atoms with Crippen molar-refractivity contribution in [2.75, 3.05) is 0 Å². The van der Waals surface area contributed by atoms with Crippen LogP contribution in [0.1, 0.15) is 0 Å². The molecule has 0 aliphatic rings. The average Bonchev–Trinajstić information content (AvgIpc) is 0.790. The number of rotatable bonds is 16. The van der Waals surface area contributed by atoms with E-state index in [1.54, 1.807) is 0 Å². The van der Waals surface area contributed by atoms with Crippen LogP contribution < -0.4 is 0 Å². The van der Waals surface area contributed by atoms with Crippen molar-refractivity contribution < 1.29 is 0 Å². The van der Waals surface area contributed by atoms with Crippen LogP contribution in [0, 0.1) is 0 Å². The van der Waals surface area contributed by atoms with Gasteiger partial charge in [-0.1, -0.05) is 340 Å². The minimum absolute atomic E-state index is 0.633. The lowest BCUT2D eigenvalue weighted by Crippen LogP contribution is -2.00. The highest BCUT2D eigenvalue weighted by Crippen LogP contribution is 2.37. The number of nitrogens with zero attached hydrogens (tertiary/aromatic N) is 12. The molecule has 0 amide bonds. The summed E-state index contributed by atoms with van der Waals surface area (Å²) in [5.74, 6) is 3.85. The van der Waals surface area contributed by atoms with Gasteiger partial charge in [0.2, 0.25) is 0 Å². The monoisotopic (exact) mass is 1480 g/mol. The number of hydrogen-bond acceptors (Lipinski definition) is 12. The van der Waals surface area contributed by atoms with E-state index in [0.717, 1.165) is 167 Å². The third-order valence-corrected chi connectivity index (χ3v) is 20.5. The SMILES string of the molecule is c1ccc(-c2cc(-c3ccc(-c4ccc(-c5ccc(-c6nc(-c7ccccc7)nc(-c7ccccc7)n6)cc5)cc4)cn3)nc(-c3ccc4ccccc4n3)c2)cc1.c1ccc(-c2cc(-c3ccc(-c4ccc(-c5ccc(-c6nc(-c7ccccc7)nc(-c7ccccc7)n6)cc5)cc4)cn3)nc(-c3nccc4ccccc34)c2)cc1. The molecule has 0 fully saturated rings. The molecule has 544 valence electrons. The van der Waals surface area contributed by atoms with E-state index >= 15 is 0 Å². The topological polar surface area (TPSA) is 155 Å². The Bertz CT molecular complexity index is 6720. The van der Waals surface area contributed by atoms with Gasteiger partial charge in [-0.05, 0) is 116 Å². The van der Waals surface area contributed by atoms with E-state index in [1.165, 1.54) is 0 Å². The summed E-state index contributed by atoms with van der Waals surface area (Å²) in [7, 11) is 0. The molecule has 0 atom stereocenters. The number of benzene rings is 12. The number of pyridine rings is 6. The van der Waals surface area contributed by atoms with Gasteiger partial charge >= 0.3 is 0 Å². The molecule has 8 heterocycles. The summed E-state index contributed by atoms with van der Waals surface area (Å²) in [4.78, 5) is 59.0. The van der Waals surface area contributed by atoms with Gasteiger partial charge in [0.05, 0.1) is 51.1 Å². The maximum atomic E-state index is 5.12. The van der Waals surface area contributed by atoms with Gasteiger partial charge in [-0.2, -0.15) is 0 Å². The molecular weight excluding hydrogens is 1420 g/mol. The second-order valence-corrected chi connectivity index (χ2v) is 28.0. The lowest BCUT2D eigenvalue weighted by molar-refractivity contribution is 1.07. The smallest absolute Gasteiger partial charge is 0.164 e. The third kappa shape index (κ3) is 15.4. The zero-order chi connectivity index (χ0) is 77.4. The molecule has 20 aromatic rings. The molecule has 12 nitrogen and oxygen atoms in total. The third-order valence-electron chi connectivity index (χ3n) is 20.5. The minimum atomic E-state index is 0.633. The molecule has 12 heteroatoms. The Morgan fingerprint density at radius 2 is 0.422 bits per heavy atom. The standard InChI is InChI=1S/2C52H34N6/c1-4-12-35(13-5-1)44-32-48(55-49(33-44)47-31-28-39-14-10-11-19-45(39)54-47)46-30-29-43(34-53-46)38-22-20-36(21-23-38)37-24-26-42(27-25-37)52-57-50(40-15-6-2-7-16-40)56-51(58-52)41-17-8-3-9-18-41;1-4-12-35(13-5-1)44-32-47(55-48(33-44)49-45-19-11-10-14-39(45)30-31-53-49)46-29-28-43(34-54-46)38-22-20-36(21-23-38)37-24-26-42(27-25-37)52-57-50(40-15-6-2-7-16-40)56-51(58-52)41-17-8-3-9-18-41/h2*1-34H. The molecule has 0 saturated carbocycles. The fraction of sp³-hybridized carbons (Fsp3) is 0. The van der Waals surface area contributed by atoms with Gasteiger partial charge in [-0.15, -0.1) is 0 Å². The van der Waals surface area contributed by atoms with Crippen molar-refractivity contribution in [3.63, 3.8) is 0 Å². The molecule has 0 bridgehead atoms. The van der Waals surface area contributed by atoms with Crippen LogP contribution >= 0.6 is 0 Å². The zero-order valence-corrected chi connectivity index (χ0v) is 62.6. The summed E-state index contributed by atoms with van der Waals surface area (Å²) >= 11 is 0. The molecule has 0 N–H and O–H groups in total. The van der Waals surface area contributed by atoms with E-state index in [2.05, 4.69) is 206 Å². The van der Waals surface area contributed by atoms with Crippen molar-refractivity contribution in [2.45, 2.75) is 0 Å². The van der Waals surface area contributed by atoms with Gasteiger partial charge < -0.3 is 0 Å². The highest BCUT2D eigenvalue weighted by molar-refractivity contribution is 5.95. The van der Waals surface area contributed by atoms with Crippen LogP contribution in [-0.2, 0) is 0 Å². The highest BCUT2D eigenvalue weighted by Gasteiger charge is 2.19. The van der Waals surface area contributed by atoms with Crippen molar-refractivity contribution in [1.29, 1.82) is 0 Å². The van der Waals surface area contributed by atoms with E-state index in [-0.39, 0.29) is 0 Å². The van der Waals surface area contributed by atoms with Crippen molar-refractivity contribution >= 4 is 21.7 Å². The summed E-state index contributed by atoms with van der Waals surface area (Å²) in [6.07, 6.45) is 5.70. The van der Waals surface area contributed by atoms with Gasteiger partial charge in [0, 0.05) is 73.9 Å². The highest BCUT2D eigenvalue weighted by atomic mass is 15.0. The van der Waals surface area contributed by atoms with Crippen LogP contribution in [0.3, 0.4) is 0 Å². The number of para-hydroxylation sites is 1. The summed E-state index contributed by atoms with van der Waals surface area (Å²) in [6, 6.07) is 134. The van der Waals surface area contributed by atoms with Gasteiger partial charge in [-0.3, -0.25) is 15.0 Å². The molecule has 116 heavy (non-hydrogen) atoms. The summed E-state index contributed by atoms with van der Waals surface area (Å²) in [6.45, 7) is 0. The molecule has 12 aromatic carbocycles. The van der Waals surface area contributed by atoms with Crippen molar-refractivity contribution in [3.8, 4) is 181 Å². The first kappa shape index (κ1) is 70.5. The molecule has 0 aliphatic heterocycles.